The zero-order valence-corrected chi connectivity index (χ0v) is 19.5. The Labute approximate surface area is 200 Å². The highest BCUT2D eigenvalue weighted by Crippen LogP contribution is 2.32. The second kappa shape index (κ2) is 9.09. The molecule has 1 aliphatic carbocycles. The second-order valence-electron chi connectivity index (χ2n) is 9.75. The second-order valence-corrected chi connectivity index (χ2v) is 9.75. The van der Waals surface area contributed by atoms with Crippen LogP contribution in [0.1, 0.15) is 51.0 Å². The monoisotopic (exact) mass is 453 g/mol. The molecule has 0 atom stereocenters. The Balaban J connectivity index is 1.19. The summed E-state index contributed by atoms with van der Waals surface area (Å²) in [4.78, 5) is 24.2. The van der Waals surface area contributed by atoms with Crippen molar-refractivity contribution in [3.05, 3.63) is 61.1 Å². The summed E-state index contributed by atoms with van der Waals surface area (Å²) in [7, 11) is 0. The SMILES string of the molecule is O=C(NC1CCCCC1)N1CCC(n2cnc3c(-c4ccc5ccccc5c4)ccnc32)CC1. The molecule has 34 heavy (non-hydrogen) atoms. The number of pyridine rings is 1. The summed E-state index contributed by atoms with van der Waals surface area (Å²) in [5.41, 5.74) is 4.13. The van der Waals surface area contributed by atoms with Crippen LogP contribution in [0, 0.1) is 0 Å². The number of hydrogen-bond acceptors (Lipinski definition) is 3. The Morgan fingerprint density at radius 3 is 2.50 bits per heavy atom. The molecule has 3 heterocycles. The maximum Gasteiger partial charge on any atom is 0.317 e. The number of likely N-dealkylation sites (tertiary alicyclic amines) is 1. The number of nitrogens with zero attached hydrogens (tertiary/aromatic N) is 4. The lowest BCUT2D eigenvalue weighted by atomic mass is 9.95. The highest BCUT2D eigenvalue weighted by atomic mass is 16.2. The van der Waals surface area contributed by atoms with Crippen molar-refractivity contribution in [1.82, 2.24) is 24.8 Å². The van der Waals surface area contributed by atoms with Crippen molar-refractivity contribution in [1.29, 1.82) is 0 Å². The molecule has 2 aliphatic rings. The number of nitrogens with one attached hydrogen (secondary N) is 1. The molecule has 6 heteroatoms. The molecule has 6 rings (SSSR count). The van der Waals surface area contributed by atoms with Gasteiger partial charge in [0.05, 0.1) is 6.33 Å². The van der Waals surface area contributed by atoms with E-state index in [0.717, 1.165) is 61.1 Å². The predicted molar refractivity (Wildman–Crippen MR) is 136 cm³/mol. The van der Waals surface area contributed by atoms with Crippen molar-refractivity contribution in [2.24, 2.45) is 0 Å². The van der Waals surface area contributed by atoms with Gasteiger partial charge in [-0.1, -0.05) is 55.7 Å². The Hall–Kier alpha value is -3.41. The van der Waals surface area contributed by atoms with Gasteiger partial charge in [0, 0.05) is 36.9 Å². The number of benzene rings is 2. The summed E-state index contributed by atoms with van der Waals surface area (Å²) < 4.78 is 2.22. The molecule has 2 aromatic carbocycles. The Morgan fingerprint density at radius 1 is 0.882 bits per heavy atom. The van der Waals surface area contributed by atoms with Crippen molar-refractivity contribution in [2.45, 2.75) is 57.0 Å². The van der Waals surface area contributed by atoms with Gasteiger partial charge in [-0.2, -0.15) is 0 Å². The standard InChI is InChI=1S/C28H31N5O/c34-28(31-23-8-2-1-3-9-23)32-16-13-24(14-17-32)33-19-30-26-25(12-15-29-27(26)33)22-11-10-20-6-4-5-7-21(20)18-22/h4-7,10-12,15,18-19,23-24H,1-3,8-9,13-14,16-17H2,(H,31,34). The summed E-state index contributed by atoms with van der Waals surface area (Å²) in [5.74, 6) is 0. The molecule has 2 aromatic heterocycles. The van der Waals surface area contributed by atoms with E-state index in [1.54, 1.807) is 0 Å². The third-order valence-electron chi connectivity index (χ3n) is 7.60. The van der Waals surface area contributed by atoms with Crippen LogP contribution in [-0.2, 0) is 0 Å². The molecule has 1 saturated carbocycles. The molecule has 0 unspecified atom stereocenters. The van der Waals surface area contributed by atoms with E-state index in [1.165, 1.54) is 30.0 Å². The molecule has 6 nitrogen and oxygen atoms in total. The van der Waals surface area contributed by atoms with Crippen LogP contribution in [0.25, 0.3) is 33.1 Å². The van der Waals surface area contributed by atoms with Gasteiger partial charge in [0.1, 0.15) is 5.52 Å². The fraction of sp³-hybridized carbons (Fsp3) is 0.393. The number of imidazole rings is 1. The fourth-order valence-corrected chi connectivity index (χ4v) is 5.65. The highest BCUT2D eigenvalue weighted by molar-refractivity contribution is 5.94. The van der Waals surface area contributed by atoms with Crippen molar-refractivity contribution in [2.75, 3.05) is 13.1 Å². The normalized spacial score (nSPS) is 17.9. The molecule has 1 N–H and O–H groups in total. The van der Waals surface area contributed by atoms with Crippen molar-refractivity contribution < 1.29 is 4.79 Å². The van der Waals surface area contributed by atoms with E-state index in [1.807, 2.05) is 17.4 Å². The van der Waals surface area contributed by atoms with Crippen LogP contribution in [0.4, 0.5) is 4.79 Å². The number of fused-ring (bicyclic) bond motifs is 2. The van der Waals surface area contributed by atoms with Gasteiger partial charge in [-0.25, -0.2) is 14.8 Å². The molecule has 1 saturated heterocycles. The Bertz CT molecular complexity index is 1310. The maximum atomic E-state index is 12.7. The van der Waals surface area contributed by atoms with Crippen molar-refractivity contribution >= 4 is 28.0 Å². The molecular formula is C28H31N5O. The third kappa shape index (κ3) is 4.02. The van der Waals surface area contributed by atoms with E-state index in [2.05, 4.69) is 58.4 Å². The van der Waals surface area contributed by atoms with Crippen LogP contribution in [0.15, 0.2) is 61.1 Å². The van der Waals surface area contributed by atoms with Gasteiger partial charge in [0.25, 0.3) is 0 Å². The largest absolute Gasteiger partial charge is 0.335 e. The maximum absolute atomic E-state index is 12.7. The fourth-order valence-electron chi connectivity index (χ4n) is 5.65. The van der Waals surface area contributed by atoms with E-state index < -0.39 is 0 Å². The first-order valence-corrected chi connectivity index (χ1v) is 12.6. The van der Waals surface area contributed by atoms with E-state index in [0.29, 0.717) is 12.1 Å². The average molecular weight is 454 g/mol. The van der Waals surface area contributed by atoms with Gasteiger partial charge in [0.2, 0.25) is 0 Å². The van der Waals surface area contributed by atoms with Crippen LogP contribution in [0.3, 0.4) is 0 Å². The average Bonchev–Trinajstić information content (AvgIpc) is 3.33. The predicted octanol–water partition coefficient (Wildman–Crippen LogP) is 5.93. The lowest BCUT2D eigenvalue weighted by Gasteiger charge is -2.34. The number of urea groups is 1. The summed E-state index contributed by atoms with van der Waals surface area (Å²) in [6.45, 7) is 1.54. The summed E-state index contributed by atoms with van der Waals surface area (Å²) in [6.07, 6.45) is 11.7. The first-order valence-electron chi connectivity index (χ1n) is 12.6. The van der Waals surface area contributed by atoms with Gasteiger partial charge < -0.3 is 14.8 Å². The molecule has 0 radical (unpaired) electrons. The zero-order chi connectivity index (χ0) is 22.9. The van der Waals surface area contributed by atoms with Crippen LogP contribution in [0.2, 0.25) is 0 Å². The van der Waals surface area contributed by atoms with Crippen LogP contribution >= 0.6 is 0 Å². The molecule has 0 spiro atoms. The smallest absolute Gasteiger partial charge is 0.317 e. The lowest BCUT2D eigenvalue weighted by Crippen LogP contribution is -2.48. The molecular weight excluding hydrogens is 422 g/mol. The number of rotatable bonds is 3. The van der Waals surface area contributed by atoms with E-state index >= 15 is 0 Å². The van der Waals surface area contributed by atoms with E-state index in [4.69, 9.17) is 9.97 Å². The minimum Gasteiger partial charge on any atom is -0.335 e. The number of amides is 2. The highest BCUT2D eigenvalue weighted by Gasteiger charge is 2.27. The topological polar surface area (TPSA) is 63.1 Å². The minimum atomic E-state index is 0.109. The molecule has 174 valence electrons. The minimum absolute atomic E-state index is 0.109. The number of piperidine rings is 1. The number of carbonyl (C=O) groups is 1. The summed E-state index contributed by atoms with van der Waals surface area (Å²) in [5, 5.41) is 5.72. The molecule has 1 aliphatic heterocycles. The number of aromatic nitrogens is 3. The first kappa shape index (κ1) is 21.1. The Kier molecular flexibility index (Phi) is 5.65. The molecule has 4 aromatic rings. The van der Waals surface area contributed by atoms with Gasteiger partial charge >= 0.3 is 6.03 Å². The lowest BCUT2D eigenvalue weighted by molar-refractivity contribution is 0.166. The van der Waals surface area contributed by atoms with Crippen LogP contribution < -0.4 is 5.32 Å². The van der Waals surface area contributed by atoms with Crippen LogP contribution in [0.5, 0.6) is 0 Å². The van der Waals surface area contributed by atoms with E-state index in [9.17, 15) is 4.79 Å². The van der Waals surface area contributed by atoms with E-state index in [-0.39, 0.29) is 6.03 Å². The van der Waals surface area contributed by atoms with Crippen molar-refractivity contribution in [3.8, 4) is 11.1 Å². The molecule has 2 amide bonds. The van der Waals surface area contributed by atoms with Crippen molar-refractivity contribution in [3.63, 3.8) is 0 Å². The van der Waals surface area contributed by atoms with Gasteiger partial charge in [-0.3, -0.25) is 0 Å². The third-order valence-corrected chi connectivity index (χ3v) is 7.60. The summed E-state index contributed by atoms with van der Waals surface area (Å²) in [6, 6.07) is 17.8. The van der Waals surface area contributed by atoms with Crippen LogP contribution in [-0.4, -0.2) is 44.6 Å². The first-order chi connectivity index (χ1) is 16.8. The number of hydrogen-bond donors (Lipinski definition) is 1. The number of carbonyl (C=O) groups excluding carboxylic acids is 1. The van der Waals surface area contributed by atoms with Gasteiger partial charge in [-0.15, -0.1) is 0 Å². The van der Waals surface area contributed by atoms with Gasteiger partial charge in [-0.05, 0) is 54.2 Å². The summed E-state index contributed by atoms with van der Waals surface area (Å²) >= 11 is 0. The Morgan fingerprint density at radius 2 is 1.68 bits per heavy atom. The van der Waals surface area contributed by atoms with Gasteiger partial charge in [0.15, 0.2) is 5.65 Å². The zero-order valence-electron chi connectivity index (χ0n) is 19.5. The quantitative estimate of drug-likeness (QED) is 0.418. The molecule has 2 fully saturated rings. The molecule has 0 bridgehead atoms.